The van der Waals surface area contributed by atoms with E-state index in [0.29, 0.717) is 38.2 Å². The number of benzene rings is 1. The fraction of sp³-hybridized carbons (Fsp3) is 0.333. The van der Waals surface area contributed by atoms with E-state index in [0.717, 1.165) is 5.56 Å². The quantitative estimate of drug-likeness (QED) is 0.489. The molecule has 6 nitrogen and oxygen atoms in total. The van der Waals surface area contributed by atoms with Crippen LogP contribution < -0.4 is 10.3 Å². The molecule has 0 radical (unpaired) electrons. The van der Waals surface area contributed by atoms with Crippen LogP contribution in [0.1, 0.15) is 27.2 Å². The van der Waals surface area contributed by atoms with Crippen molar-refractivity contribution >= 4 is 17.3 Å². The van der Waals surface area contributed by atoms with Crippen molar-refractivity contribution in [3.05, 3.63) is 85.5 Å². The summed E-state index contributed by atoms with van der Waals surface area (Å²) in [6, 6.07) is 7.09. The van der Waals surface area contributed by atoms with Gasteiger partial charge in [0.25, 0.3) is 5.56 Å². The van der Waals surface area contributed by atoms with Crippen LogP contribution in [0.4, 0.5) is 8.78 Å². The Kier molecular flexibility index (Phi) is 7.20. The summed E-state index contributed by atoms with van der Waals surface area (Å²) in [5.74, 6) is -1.60. The molecule has 1 aliphatic rings. The van der Waals surface area contributed by atoms with Gasteiger partial charge in [-0.05, 0) is 34.5 Å². The third-order valence-corrected chi connectivity index (χ3v) is 6.48. The first-order valence-electron chi connectivity index (χ1n) is 10.6. The molecule has 0 unspecified atom stereocenters. The van der Waals surface area contributed by atoms with Crippen molar-refractivity contribution in [2.75, 3.05) is 26.8 Å². The molecule has 0 saturated heterocycles. The molecule has 0 spiro atoms. The van der Waals surface area contributed by atoms with E-state index in [1.54, 1.807) is 11.3 Å². The Balaban J connectivity index is 1.58. The Bertz CT molecular complexity index is 1170. The van der Waals surface area contributed by atoms with Gasteiger partial charge in [0.05, 0.1) is 13.7 Å². The molecule has 1 aromatic carbocycles. The summed E-state index contributed by atoms with van der Waals surface area (Å²) in [6.07, 6.45) is 0.974. The van der Waals surface area contributed by atoms with Gasteiger partial charge in [0.15, 0.2) is 0 Å². The zero-order chi connectivity index (χ0) is 23.4. The number of aromatic nitrogens is 1. The van der Waals surface area contributed by atoms with Crippen molar-refractivity contribution in [1.29, 1.82) is 0 Å². The number of nitrogens with zero attached hydrogens (tertiary/aromatic N) is 2. The van der Waals surface area contributed by atoms with Gasteiger partial charge in [0, 0.05) is 56.3 Å². The van der Waals surface area contributed by atoms with Crippen molar-refractivity contribution < 1.29 is 23.0 Å². The highest BCUT2D eigenvalue weighted by Gasteiger charge is 2.26. The lowest BCUT2D eigenvalue weighted by Gasteiger charge is -2.20. The summed E-state index contributed by atoms with van der Waals surface area (Å²) in [4.78, 5) is 27.4. The average molecular weight is 475 g/mol. The molecule has 0 fully saturated rings. The molecule has 33 heavy (non-hydrogen) atoms. The number of thiophene rings is 1. The van der Waals surface area contributed by atoms with Gasteiger partial charge in [-0.15, -0.1) is 0 Å². The van der Waals surface area contributed by atoms with Crippen LogP contribution in [-0.4, -0.2) is 42.2 Å². The van der Waals surface area contributed by atoms with Crippen molar-refractivity contribution in [3.8, 4) is 5.75 Å². The van der Waals surface area contributed by atoms with Gasteiger partial charge in [0.2, 0.25) is 0 Å². The van der Waals surface area contributed by atoms with E-state index in [2.05, 4.69) is 0 Å². The van der Waals surface area contributed by atoms with Crippen LogP contribution in [0.15, 0.2) is 45.9 Å². The van der Waals surface area contributed by atoms with Crippen molar-refractivity contribution in [3.63, 3.8) is 0 Å². The van der Waals surface area contributed by atoms with Crippen molar-refractivity contribution in [2.24, 2.45) is 0 Å². The van der Waals surface area contributed by atoms with Crippen molar-refractivity contribution in [1.82, 2.24) is 9.47 Å². The minimum Gasteiger partial charge on any atom is -0.492 e. The molecule has 0 aliphatic carbocycles. The topological polar surface area (TPSA) is 60.8 Å². The van der Waals surface area contributed by atoms with E-state index in [4.69, 9.17) is 9.47 Å². The summed E-state index contributed by atoms with van der Waals surface area (Å²) in [5, 5.41) is 3.99. The molecule has 2 aromatic heterocycles. The van der Waals surface area contributed by atoms with Gasteiger partial charge in [-0.2, -0.15) is 11.3 Å². The molecule has 3 aromatic rings. The second-order valence-electron chi connectivity index (χ2n) is 7.77. The monoisotopic (exact) mass is 474 g/mol. The maximum atomic E-state index is 14.1. The Morgan fingerprint density at radius 3 is 2.64 bits per heavy atom. The number of pyridine rings is 1. The van der Waals surface area contributed by atoms with Gasteiger partial charge < -0.3 is 14.0 Å². The van der Waals surface area contributed by atoms with Gasteiger partial charge in [0.1, 0.15) is 22.9 Å². The van der Waals surface area contributed by atoms with Crippen molar-refractivity contribution in [2.45, 2.75) is 25.9 Å². The number of hydrogen-bond donors (Lipinski definition) is 0. The number of methoxy groups -OCH3 is 1. The second kappa shape index (κ2) is 10.3. The zero-order valence-electron chi connectivity index (χ0n) is 18.2. The number of carbonyl (C=O) groups excluding carboxylic acids is 1. The molecule has 0 bridgehead atoms. The first kappa shape index (κ1) is 23.1. The van der Waals surface area contributed by atoms with E-state index in [-0.39, 0.29) is 35.5 Å². The van der Waals surface area contributed by atoms with Crippen LogP contribution in [0.5, 0.6) is 5.75 Å². The first-order chi connectivity index (χ1) is 16.0. The zero-order valence-corrected chi connectivity index (χ0v) is 19.0. The van der Waals surface area contributed by atoms with Crippen LogP contribution in [0.3, 0.4) is 0 Å². The Hall–Kier alpha value is -3.04. The molecule has 0 saturated carbocycles. The van der Waals surface area contributed by atoms with Gasteiger partial charge >= 0.3 is 5.97 Å². The smallest absolute Gasteiger partial charge is 0.343 e. The molecular weight excluding hydrogens is 450 g/mol. The Labute approximate surface area is 194 Å². The number of rotatable bonds is 7. The fourth-order valence-corrected chi connectivity index (χ4v) is 4.71. The normalized spacial score (nSPS) is 13.9. The standard InChI is InChI=1S/C24H24F2N2O4S/c1-31-24(30)23-20-5-8-27(14-17-18(25)3-2-4-19(17)26)9-10-28(20)22(29)13-21(23)32-11-6-16-7-12-33-15-16/h2-4,7,12-13,15H,5-6,8-11,14H2,1H3. The molecule has 9 heteroatoms. The van der Waals surface area contributed by atoms with Crippen LogP contribution in [0.2, 0.25) is 0 Å². The van der Waals surface area contributed by atoms with E-state index in [1.165, 1.54) is 35.9 Å². The van der Waals surface area contributed by atoms with Crippen LogP contribution in [-0.2, 0) is 30.7 Å². The molecule has 4 rings (SSSR count). The van der Waals surface area contributed by atoms with E-state index >= 15 is 0 Å². The maximum Gasteiger partial charge on any atom is 0.343 e. The van der Waals surface area contributed by atoms with Crippen LogP contribution >= 0.6 is 11.3 Å². The minimum atomic E-state index is -0.606. The number of halogens is 2. The second-order valence-corrected chi connectivity index (χ2v) is 8.55. The number of hydrogen-bond acceptors (Lipinski definition) is 6. The molecule has 3 heterocycles. The first-order valence-corrected chi connectivity index (χ1v) is 11.6. The largest absolute Gasteiger partial charge is 0.492 e. The molecule has 0 amide bonds. The number of ether oxygens (including phenoxy) is 2. The summed E-state index contributed by atoms with van der Waals surface area (Å²) >= 11 is 1.59. The highest BCUT2D eigenvalue weighted by molar-refractivity contribution is 7.07. The summed E-state index contributed by atoms with van der Waals surface area (Å²) in [7, 11) is 1.28. The number of esters is 1. The Morgan fingerprint density at radius 1 is 1.15 bits per heavy atom. The summed E-state index contributed by atoms with van der Waals surface area (Å²) in [5.41, 5.74) is 1.54. The van der Waals surface area contributed by atoms with E-state index < -0.39 is 17.6 Å². The summed E-state index contributed by atoms with van der Waals surface area (Å²) < 4.78 is 40.6. The van der Waals surface area contributed by atoms with Gasteiger partial charge in [-0.1, -0.05) is 6.07 Å². The number of carbonyl (C=O) groups is 1. The number of fused-ring (bicyclic) bond motifs is 1. The van der Waals surface area contributed by atoms with Crippen LogP contribution in [0.25, 0.3) is 0 Å². The lowest BCUT2D eigenvalue weighted by atomic mass is 10.1. The maximum absolute atomic E-state index is 14.1. The van der Waals surface area contributed by atoms with Gasteiger partial charge in [-0.3, -0.25) is 9.69 Å². The predicted octanol–water partition coefficient (Wildman–Crippen LogP) is 3.65. The highest BCUT2D eigenvalue weighted by Crippen LogP contribution is 2.25. The highest BCUT2D eigenvalue weighted by atomic mass is 32.1. The molecule has 0 atom stereocenters. The van der Waals surface area contributed by atoms with E-state index in [1.807, 2.05) is 21.7 Å². The summed E-state index contributed by atoms with van der Waals surface area (Å²) in [6.45, 7) is 1.47. The average Bonchev–Trinajstić information content (AvgIpc) is 3.22. The molecule has 0 N–H and O–H groups in total. The lowest BCUT2D eigenvalue weighted by molar-refractivity contribution is 0.0593. The molecule has 1 aliphatic heterocycles. The Morgan fingerprint density at radius 2 is 1.94 bits per heavy atom. The molecule has 174 valence electrons. The van der Waals surface area contributed by atoms with E-state index in [9.17, 15) is 18.4 Å². The minimum absolute atomic E-state index is 0.0125. The fourth-order valence-electron chi connectivity index (χ4n) is 4.01. The lowest BCUT2D eigenvalue weighted by Crippen LogP contribution is -2.29. The van der Waals surface area contributed by atoms with Crippen LogP contribution in [0, 0.1) is 11.6 Å². The third kappa shape index (κ3) is 5.15. The van der Waals surface area contributed by atoms with Gasteiger partial charge in [-0.25, -0.2) is 13.6 Å². The third-order valence-electron chi connectivity index (χ3n) is 5.75. The predicted molar refractivity (Wildman–Crippen MR) is 121 cm³/mol. The SMILES string of the molecule is COC(=O)c1c(OCCc2ccsc2)cc(=O)n2c1CCN(Cc1c(F)cccc1F)CC2. The molecular formula is C24H24F2N2O4S.